The van der Waals surface area contributed by atoms with Crippen molar-refractivity contribution in [3.05, 3.63) is 64.5 Å². The van der Waals surface area contributed by atoms with Gasteiger partial charge < -0.3 is 10.1 Å². The maximum Gasteiger partial charge on any atom is 0.349 e. The summed E-state index contributed by atoms with van der Waals surface area (Å²) >= 11 is 1.38. The van der Waals surface area contributed by atoms with Gasteiger partial charge >= 0.3 is 5.97 Å². The maximum atomic E-state index is 12.3. The third-order valence-electron chi connectivity index (χ3n) is 3.78. The van der Waals surface area contributed by atoms with E-state index in [4.69, 9.17) is 4.74 Å². The standard InChI is InChI=1S/C19H17NO3S/c1-12-7-3-5-9-15(12)20-17(21)11-23-19(22)18-13(2)14-8-4-6-10-16(14)24-18/h3-10H,11H2,1-2H3,(H,20,21). The molecule has 1 amide bonds. The van der Waals surface area contributed by atoms with Crippen molar-refractivity contribution < 1.29 is 14.3 Å². The zero-order valence-electron chi connectivity index (χ0n) is 13.5. The number of nitrogens with one attached hydrogen (secondary N) is 1. The highest BCUT2D eigenvalue weighted by Gasteiger charge is 2.17. The van der Waals surface area contributed by atoms with E-state index in [0.29, 0.717) is 4.88 Å². The van der Waals surface area contributed by atoms with Crippen LogP contribution in [0.1, 0.15) is 20.8 Å². The largest absolute Gasteiger partial charge is 0.451 e. The Bertz CT molecular complexity index is 914. The summed E-state index contributed by atoms with van der Waals surface area (Å²) in [6.07, 6.45) is 0. The molecule has 0 aliphatic rings. The van der Waals surface area contributed by atoms with Gasteiger partial charge in [0.15, 0.2) is 6.61 Å². The van der Waals surface area contributed by atoms with E-state index >= 15 is 0 Å². The van der Waals surface area contributed by atoms with Gasteiger partial charge in [-0.25, -0.2) is 4.79 Å². The highest BCUT2D eigenvalue weighted by Crippen LogP contribution is 2.30. The number of carbonyl (C=O) groups excluding carboxylic acids is 2. The van der Waals surface area contributed by atoms with Crippen LogP contribution in [0.3, 0.4) is 0 Å². The van der Waals surface area contributed by atoms with Gasteiger partial charge in [0.2, 0.25) is 0 Å². The molecule has 0 aliphatic heterocycles. The highest BCUT2D eigenvalue weighted by molar-refractivity contribution is 7.21. The van der Waals surface area contributed by atoms with Gasteiger partial charge in [-0.3, -0.25) is 4.79 Å². The number of thiophene rings is 1. The van der Waals surface area contributed by atoms with E-state index in [-0.39, 0.29) is 12.5 Å². The summed E-state index contributed by atoms with van der Waals surface area (Å²) in [6, 6.07) is 15.3. The van der Waals surface area contributed by atoms with Gasteiger partial charge in [-0.05, 0) is 42.5 Å². The van der Waals surface area contributed by atoms with E-state index in [0.717, 1.165) is 26.9 Å². The molecule has 1 N–H and O–H groups in total. The zero-order valence-corrected chi connectivity index (χ0v) is 14.3. The first kappa shape index (κ1) is 16.2. The number of carbonyl (C=O) groups is 2. The van der Waals surface area contributed by atoms with Crippen molar-refractivity contribution in [1.29, 1.82) is 0 Å². The Morgan fingerprint density at radius 3 is 2.50 bits per heavy atom. The van der Waals surface area contributed by atoms with Crippen molar-refractivity contribution in [3.8, 4) is 0 Å². The number of hydrogen-bond donors (Lipinski definition) is 1. The smallest absolute Gasteiger partial charge is 0.349 e. The van der Waals surface area contributed by atoms with Gasteiger partial charge in [0.25, 0.3) is 5.91 Å². The lowest BCUT2D eigenvalue weighted by Crippen LogP contribution is -2.21. The number of esters is 1. The van der Waals surface area contributed by atoms with Crippen molar-refractivity contribution in [2.75, 3.05) is 11.9 Å². The van der Waals surface area contributed by atoms with Crippen molar-refractivity contribution in [2.45, 2.75) is 13.8 Å². The molecule has 122 valence electrons. The number of benzene rings is 2. The summed E-state index contributed by atoms with van der Waals surface area (Å²) in [6.45, 7) is 3.49. The molecule has 3 aromatic rings. The summed E-state index contributed by atoms with van der Waals surface area (Å²) in [4.78, 5) is 24.8. The highest BCUT2D eigenvalue weighted by atomic mass is 32.1. The van der Waals surface area contributed by atoms with Crippen LogP contribution >= 0.6 is 11.3 Å². The minimum absolute atomic E-state index is 0.305. The number of para-hydroxylation sites is 1. The lowest BCUT2D eigenvalue weighted by molar-refractivity contribution is -0.119. The molecule has 0 radical (unpaired) electrons. The average Bonchev–Trinajstić information content (AvgIpc) is 2.92. The predicted molar refractivity (Wildman–Crippen MR) is 96.7 cm³/mol. The molecule has 4 nitrogen and oxygen atoms in total. The van der Waals surface area contributed by atoms with Crippen molar-refractivity contribution in [2.24, 2.45) is 0 Å². The maximum absolute atomic E-state index is 12.3. The Morgan fingerprint density at radius 2 is 1.75 bits per heavy atom. The predicted octanol–water partition coefficient (Wildman–Crippen LogP) is 4.31. The summed E-state index contributed by atoms with van der Waals surface area (Å²) < 4.78 is 6.21. The van der Waals surface area contributed by atoms with Gasteiger partial charge in [-0.15, -0.1) is 11.3 Å². The first-order valence-corrected chi connectivity index (χ1v) is 8.38. The molecule has 5 heteroatoms. The number of aryl methyl sites for hydroxylation is 2. The van der Waals surface area contributed by atoms with Gasteiger partial charge in [0, 0.05) is 10.4 Å². The second-order valence-corrected chi connectivity index (χ2v) is 6.54. The van der Waals surface area contributed by atoms with E-state index in [1.165, 1.54) is 11.3 Å². The van der Waals surface area contributed by atoms with Gasteiger partial charge in [-0.2, -0.15) is 0 Å². The number of amides is 1. The van der Waals surface area contributed by atoms with Gasteiger partial charge in [0.1, 0.15) is 4.88 Å². The fourth-order valence-electron chi connectivity index (χ4n) is 2.47. The average molecular weight is 339 g/mol. The molecule has 0 aliphatic carbocycles. The first-order chi connectivity index (χ1) is 11.6. The second-order valence-electron chi connectivity index (χ2n) is 5.49. The molecule has 24 heavy (non-hydrogen) atoms. The molecule has 0 spiro atoms. The zero-order chi connectivity index (χ0) is 17.1. The Hall–Kier alpha value is -2.66. The second kappa shape index (κ2) is 6.84. The van der Waals surface area contributed by atoms with E-state index in [9.17, 15) is 9.59 Å². The third kappa shape index (κ3) is 3.31. The topological polar surface area (TPSA) is 55.4 Å². The van der Waals surface area contributed by atoms with Gasteiger partial charge in [0.05, 0.1) is 0 Å². The molecule has 0 bridgehead atoms. The summed E-state index contributed by atoms with van der Waals surface area (Å²) in [5, 5.41) is 3.79. The molecular weight excluding hydrogens is 322 g/mol. The number of rotatable bonds is 4. The van der Waals surface area contributed by atoms with Crippen LogP contribution in [0.15, 0.2) is 48.5 Å². The normalized spacial score (nSPS) is 10.6. The Balaban J connectivity index is 1.65. The number of fused-ring (bicyclic) bond motifs is 1. The monoisotopic (exact) mass is 339 g/mol. The summed E-state index contributed by atoms with van der Waals surface area (Å²) in [5.41, 5.74) is 2.56. The van der Waals surface area contributed by atoms with Crippen LogP contribution in [0.25, 0.3) is 10.1 Å². The number of hydrogen-bond acceptors (Lipinski definition) is 4. The molecule has 0 saturated carbocycles. The molecule has 1 aromatic heterocycles. The fourth-order valence-corrected chi connectivity index (χ4v) is 3.57. The summed E-state index contributed by atoms with van der Waals surface area (Å²) in [5.74, 6) is -0.815. The first-order valence-electron chi connectivity index (χ1n) is 7.57. The Morgan fingerprint density at radius 1 is 1.04 bits per heavy atom. The molecular formula is C19H17NO3S. The molecule has 0 fully saturated rings. The Kier molecular flexibility index (Phi) is 4.62. The molecule has 0 saturated heterocycles. The summed E-state index contributed by atoms with van der Waals surface area (Å²) in [7, 11) is 0. The minimum atomic E-state index is -0.464. The van der Waals surface area contributed by atoms with E-state index in [1.807, 2.05) is 62.4 Å². The van der Waals surface area contributed by atoms with Crippen LogP contribution in [-0.4, -0.2) is 18.5 Å². The quantitative estimate of drug-likeness (QED) is 0.721. The van der Waals surface area contributed by atoms with Crippen LogP contribution < -0.4 is 5.32 Å². The van der Waals surface area contributed by atoms with Crippen molar-refractivity contribution in [3.63, 3.8) is 0 Å². The molecule has 2 aromatic carbocycles. The van der Waals surface area contributed by atoms with E-state index < -0.39 is 5.97 Å². The third-order valence-corrected chi connectivity index (χ3v) is 5.04. The van der Waals surface area contributed by atoms with E-state index in [2.05, 4.69) is 5.32 Å². The lowest BCUT2D eigenvalue weighted by atomic mass is 10.1. The SMILES string of the molecule is Cc1ccccc1NC(=O)COC(=O)c1sc2ccccc2c1C. The lowest BCUT2D eigenvalue weighted by Gasteiger charge is -2.08. The number of ether oxygens (including phenoxy) is 1. The fraction of sp³-hybridized carbons (Fsp3) is 0.158. The molecule has 0 unspecified atom stereocenters. The Labute approximate surface area is 144 Å². The van der Waals surface area contributed by atoms with Crippen LogP contribution in [0.4, 0.5) is 5.69 Å². The molecule has 0 atom stereocenters. The van der Waals surface area contributed by atoms with Crippen LogP contribution in [0, 0.1) is 13.8 Å². The van der Waals surface area contributed by atoms with Crippen LogP contribution in [-0.2, 0) is 9.53 Å². The molecule has 3 rings (SSSR count). The van der Waals surface area contributed by atoms with Crippen LogP contribution in [0.2, 0.25) is 0 Å². The van der Waals surface area contributed by atoms with Crippen molar-refractivity contribution >= 4 is 39.0 Å². The van der Waals surface area contributed by atoms with Crippen molar-refractivity contribution in [1.82, 2.24) is 0 Å². The number of anilines is 1. The van der Waals surface area contributed by atoms with Gasteiger partial charge in [-0.1, -0.05) is 36.4 Å². The molecule has 1 heterocycles. The van der Waals surface area contributed by atoms with Crippen LogP contribution in [0.5, 0.6) is 0 Å². The minimum Gasteiger partial charge on any atom is -0.451 e. The van der Waals surface area contributed by atoms with E-state index in [1.54, 1.807) is 0 Å².